The maximum atomic E-state index is 12.1. The van der Waals surface area contributed by atoms with E-state index in [4.69, 9.17) is 4.74 Å². The van der Waals surface area contributed by atoms with Gasteiger partial charge in [-0.05, 0) is 36.6 Å². The van der Waals surface area contributed by atoms with Crippen LogP contribution in [0.3, 0.4) is 0 Å². The first-order valence-corrected chi connectivity index (χ1v) is 8.77. The summed E-state index contributed by atoms with van der Waals surface area (Å²) in [6.07, 6.45) is 2.91. The molecule has 1 atom stereocenters. The molecule has 6 heteroatoms. The standard InChI is InChI=1S/C17H21N3O2S/c1-11(2)8-15-14-9-18-20(17(14)19-16(21)10-23-15)12-4-6-13(22-3)7-5-12/h4-7,9,11,15H,8,10H2,1-3H3,(H,19,21)/t15-/m0/s1. The Kier molecular flexibility index (Phi) is 4.61. The Morgan fingerprint density at radius 2 is 2.13 bits per heavy atom. The van der Waals surface area contributed by atoms with E-state index >= 15 is 0 Å². The predicted molar refractivity (Wildman–Crippen MR) is 93.4 cm³/mol. The smallest absolute Gasteiger partial charge is 0.235 e. The Balaban J connectivity index is 2.00. The van der Waals surface area contributed by atoms with Crippen molar-refractivity contribution in [2.75, 3.05) is 18.2 Å². The van der Waals surface area contributed by atoms with Crippen LogP contribution in [0.4, 0.5) is 5.82 Å². The number of hydrogen-bond acceptors (Lipinski definition) is 4. The molecule has 23 heavy (non-hydrogen) atoms. The van der Waals surface area contributed by atoms with E-state index in [1.807, 2.05) is 30.5 Å². The number of thioether (sulfide) groups is 1. The number of methoxy groups -OCH3 is 1. The minimum absolute atomic E-state index is 0.0257. The largest absolute Gasteiger partial charge is 0.497 e. The van der Waals surface area contributed by atoms with Crippen molar-refractivity contribution in [3.8, 4) is 11.4 Å². The zero-order chi connectivity index (χ0) is 16.4. The monoisotopic (exact) mass is 331 g/mol. The Morgan fingerprint density at radius 3 is 2.78 bits per heavy atom. The molecule has 0 unspecified atom stereocenters. The number of hydrogen-bond donors (Lipinski definition) is 1. The van der Waals surface area contributed by atoms with Crippen LogP contribution in [0.2, 0.25) is 0 Å². The molecule has 1 aliphatic rings. The summed E-state index contributed by atoms with van der Waals surface area (Å²) in [6, 6.07) is 7.66. The van der Waals surface area contributed by atoms with E-state index < -0.39 is 0 Å². The van der Waals surface area contributed by atoms with Crippen LogP contribution >= 0.6 is 11.8 Å². The van der Waals surface area contributed by atoms with E-state index in [0.717, 1.165) is 29.2 Å². The Hall–Kier alpha value is -1.95. The number of carbonyl (C=O) groups excluding carboxylic acids is 1. The molecular formula is C17H21N3O2S. The number of aromatic nitrogens is 2. The molecule has 122 valence electrons. The molecule has 1 aromatic heterocycles. The fourth-order valence-electron chi connectivity index (χ4n) is 2.70. The third-order valence-electron chi connectivity index (χ3n) is 3.82. The number of ether oxygens (including phenoxy) is 1. The lowest BCUT2D eigenvalue weighted by Gasteiger charge is -2.15. The lowest BCUT2D eigenvalue weighted by atomic mass is 10.0. The molecule has 3 rings (SSSR count). The van der Waals surface area contributed by atoms with Gasteiger partial charge in [0.15, 0.2) is 0 Å². The third kappa shape index (κ3) is 3.37. The molecule has 5 nitrogen and oxygen atoms in total. The maximum Gasteiger partial charge on any atom is 0.235 e. The van der Waals surface area contributed by atoms with Crippen LogP contribution in [0.5, 0.6) is 5.75 Å². The Morgan fingerprint density at radius 1 is 1.39 bits per heavy atom. The molecular weight excluding hydrogens is 310 g/mol. The minimum atomic E-state index is 0.0257. The fraction of sp³-hybridized carbons (Fsp3) is 0.412. The number of fused-ring (bicyclic) bond motifs is 1. The Labute approximate surface area is 140 Å². The molecule has 0 spiro atoms. The van der Waals surface area contributed by atoms with Gasteiger partial charge in [0.05, 0.1) is 24.7 Å². The zero-order valence-corrected chi connectivity index (χ0v) is 14.4. The van der Waals surface area contributed by atoms with E-state index in [-0.39, 0.29) is 11.2 Å². The lowest BCUT2D eigenvalue weighted by Crippen LogP contribution is -2.15. The molecule has 1 N–H and O–H groups in total. The van der Waals surface area contributed by atoms with Crippen molar-refractivity contribution in [1.29, 1.82) is 0 Å². The summed E-state index contributed by atoms with van der Waals surface area (Å²) in [5.41, 5.74) is 2.01. The molecule has 1 aromatic carbocycles. The Bertz CT molecular complexity index is 694. The first kappa shape index (κ1) is 15.9. The summed E-state index contributed by atoms with van der Waals surface area (Å²) in [5.74, 6) is 2.66. The van der Waals surface area contributed by atoms with Crippen LogP contribution in [0.25, 0.3) is 5.69 Å². The average molecular weight is 331 g/mol. The highest BCUT2D eigenvalue weighted by Crippen LogP contribution is 2.41. The van der Waals surface area contributed by atoms with Gasteiger partial charge in [0, 0.05) is 10.8 Å². The number of rotatable bonds is 4. The van der Waals surface area contributed by atoms with Crippen LogP contribution in [0.1, 0.15) is 31.1 Å². The SMILES string of the molecule is COc1ccc(-n2ncc3c2NC(=O)CS[C@H]3CC(C)C)cc1. The molecule has 2 aromatic rings. The highest BCUT2D eigenvalue weighted by atomic mass is 32.2. The molecule has 0 saturated heterocycles. The summed E-state index contributed by atoms with van der Waals surface area (Å²) in [5, 5.41) is 7.80. The molecule has 0 saturated carbocycles. The molecule has 0 radical (unpaired) electrons. The van der Waals surface area contributed by atoms with Crippen molar-refractivity contribution in [2.24, 2.45) is 5.92 Å². The summed E-state index contributed by atoms with van der Waals surface area (Å²) in [4.78, 5) is 12.1. The van der Waals surface area contributed by atoms with E-state index in [9.17, 15) is 4.79 Å². The van der Waals surface area contributed by atoms with Gasteiger partial charge < -0.3 is 10.1 Å². The summed E-state index contributed by atoms with van der Waals surface area (Å²) >= 11 is 1.69. The van der Waals surface area contributed by atoms with Gasteiger partial charge in [0.2, 0.25) is 5.91 Å². The molecule has 2 heterocycles. The van der Waals surface area contributed by atoms with E-state index in [1.54, 1.807) is 23.6 Å². The van der Waals surface area contributed by atoms with Crippen LogP contribution in [-0.4, -0.2) is 28.6 Å². The van der Waals surface area contributed by atoms with Gasteiger partial charge in [-0.3, -0.25) is 4.79 Å². The van der Waals surface area contributed by atoms with Gasteiger partial charge in [0.25, 0.3) is 0 Å². The summed E-state index contributed by atoms with van der Waals surface area (Å²) in [6.45, 7) is 4.41. The average Bonchev–Trinajstić information content (AvgIpc) is 2.88. The number of amides is 1. The second-order valence-corrected chi connectivity index (χ2v) is 7.23. The van der Waals surface area contributed by atoms with E-state index in [2.05, 4.69) is 24.3 Å². The van der Waals surface area contributed by atoms with Gasteiger partial charge in [0.1, 0.15) is 11.6 Å². The van der Waals surface area contributed by atoms with Gasteiger partial charge in [-0.15, -0.1) is 11.8 Å². The third-order valence-corrected chi connectivity index (χ3v) is 5.10. The van der Waals surface area contributed by atoms with E-state index in [0.29, 0.717) is 11.7 Å². The molecule has 0 aliphatic carbocycles. The summed E-state index contributed by atoms with van der Waals surface area (Å²) < 4.78 is 6.99. The lowest BCUT2D eigenvalue weighted by molar-refractivity contribution is -0.113. The summed E-state index contributed by atoms with van der Waals surface area (Å²) in [7, 11) is 1.64. The van der Waals surface area contributed by atoms with Crippen molar-refractivity contribution in [3.05, 3.63) is 36.0 Å². The zero-order valence-electron chi connectivity index (χ0n) is 13.6. The van der Waals surface area contributed by atoms with Crippen LogP contribution in [0, 0.1) is 5.92 Å². The van der Waals surface area contributed by atoms with Crippen molar-refractivity contribution in [3.63, 3.8) is 0 Å². The predicted octanol–water partition coefficient (Wildman–Crippen LogP) is 3.65. The second-order valence-electron chi connectivity index (χ2n) is 6.04. The van der Waals surface area contributed by atoms with Gasteiger partial charge in [-0.1, -0.05) is 13.8 Å². The quantitative estimate of drug-likeness (QED) is 0.929. The number of nitrogens with zero attached hydrogens (tertiary/aromatic N) is 2. The van der Waals surface area contributed by atoms with Crippen LogP contribution in [0.15, 0.2) is 30.5 Å². The number of benzene rings is 1. The molecule has 1 amide bonds. The fourth-order valence-corrected chi connectivity index (χ4v) is 4.00. The number of carbonyl (C=O) groups is 1. The topological polar surface area (TPSA) is 56.1 Å². The number of nitrogens with one attached hydrogen (secondary N) is 1. The maximum absolute atomic E-state index is 12.1. The first-order chi connectivity index (χ1) is 11.1. The van der Waals surface area contributed by atoms with Crippen molar-refractivity contribution < 1.29 is 9.53 Å². The molecule has 0 fully saturated rings. The first-order valence-electron chi connectivity index (χ1n) is 7.72. The van der Waals surface area contributed by atoms with Gasteiger partial charge in [-0.25, -0.2) is 4.68 Å². The van der Waals surface area contributed by atoms with Crippen LogP contribution < -0.4 is 10.1 Å². The normalized spacial score (nSPS) is 17.6. The highest BCUT2D eigenvalue weighted by molar-refractivity contribution is 8.00. The van der Waals surface area contributed by atoms with Gasteiger partial charge in [-0.2, -0.15) is 5.10 Å². The van der Waals surface area contributed by atoms with E-state index in [1.165, 1.54) is 0 Å². The molecule has 0 bridgehead atoms. The minimum Gasteiger partial charge on any atom is -0.497 e. The van der Waals surface area contributed by atoms with Crippen molar-refractivity contribution in [2.45, 2.75) is 25.5 Å². The highest BCUT2D eigenvalue weighted by Gasteiger charge is 2.27. The van der Waals surface area contributed by atoms with Crippen molar-refractivity contribution >= 4 is 23.5 Å². The number of anilines is 1. The van der Waals surface area contributed by atoms with Crippen LogP contribution in [-0.2, 0) is 4.79 Å². The molecule has 1 aliphatic heterocycles. The van der Waals surface area contributed by atoms with Crippen molar-refractivity contribution in [1.82, 2.24) is 9.78 Å². The van der Waals surface area contributed by atoms with Gasteiger partial charge >= 0.3 is 0 Å². The second kappa shape index (κ2) is 6.66.